The second-order valence-electron chi connectivity index (χ2n) is 6.11. The summed E-state index contributed by atoms with van der Waals surface area (Å²) in [7, 11) is -3.45. The van der Waals surface area contributed by atoms with Gasteiger partial charge in [0, 0.05) is 13.1 Å². The second-order valence-corrected chi connectivity index (χ2v) is 8.05. The van der Waals surface area contributed by atoms with Crippen molar-refractivity contribution in [2.75, 3.05) is 13.1 Å². The number of nitrogens with two attached hydrogens (primary N) is 1. The van der Waals surface area contributed by atoms with Gasteiger partial charge in [0.05, 0.1) is 10.4 Å². The lowest BCUT2D eigenvalue weighted by atomic mass is 9.85. The van der Waals surface area contributed by atoms with Crippen molar-refractivity contribution in [1.29, 1.82) is 0 Å². The van der Waals surface area contributed by atoms with Crippen LogP contribution in [0, 0.1) is 13.8 Å². The van der Waals surface area contributed by atoms with E-state index in [9.17, 15) is 8.42 Å². The molecule has 1 aliphatic heterocycles. The number of sulfonamides is 1. The van der Waals surface area contributed by atoms with Crippen LogP contribution in [0.4, 0.5) is 0 Å². The average molecular weight is 316 g/mol. The average Bonchev–Trinajstić information content (AvgIpc) is 2.45. The van der Waals surface area contributed by atoms with Gasteiger partial charge in [-0.15, -0.1) is 0 Å². The molecule has 1 saturated heterocycles. The lowest BCUT2D eigenvalue weighted by Crippen LogP contribution is -2.65. The second kappa shape index (κ2) is 5.19. The molecule has 5 heteroatoms. The van der Waals surface area contributed by atoms with Crippen LogP contribution in [0.2, 0.25) is 0 Å². The minimum Gasteiger partial charge on any atom is -0.319 e. The number of hydrogen-bond donors (Lipinski definition) is 1. The molecule has 0 aromatic heterocycles. The molecule has 116 valence electrons. The van der Waals surface area contributed by atoms with Crippen LogP contribution < -0.4 is 5.73 Å². The van der Waals surface area contributed by atoms with Gasteiger partial charge >= 0.3 is 0 Å². The Bertz CT molecular complexity index is 774. The molecule has 0 radical (unpaired) electrons. The van der Waals surface area contributed by atoms with E-state index in [0.29, 0.717) is 18.0 Å². The van der Waals surface area contributed by atoms with Crippen molar-refractivity contribution in [3.05, 3.63) is 65.2 Å². The highest BCUT2D eigenvalue weighted by Gasteiger charge is 2.46. The van der Waals surface area contributed by atoms with Crippen LogP contribution in [-0.4, -0.2) is 25.8 Å². The van der Waals surface area contributed by atoms with Crippen molar-refractivity contribution in [1.82, 2.24) is 4.31 Å². The lowest BCUT2D eigenvalue weighted by Gasteiger charge is -2.46. The highest BCUT2D eigenvalue weighted by molar-refractivity contribution is 7.89. The molecule has 2 N–H and O–H groups in total. The summed E-state index contributed by atoms with van der Waals surface area (Å²) in [4.78, 5) is 0.323. The summed E-state index contributed by atoms with van der Waals surface area (Å²) in [6, 6.07) is 14.9. The van der Waals surface area contributed by atoms with E-state index >= 15 is 0 Å². The van der Waals surface area contributed by atoms with Gasteiger partial charge in [-0.3, -0.25) is 0 Å². The molecule has 1 aliphatic rings. The fourth-order valence-electron chi connectivity index (χ4n) is 2.68. The molecule has 1 fully saturated rings. The van der Waals surface area contributed by atoms with Gasteiger partial charge in [0.25, 0.3) is 0 Å². The first-order chi connectivity index (χ1) is 10.3. The van der Waals surface area contributed by atoms with E-state index in [1.807, 2.05) is 50.2 Å². The first-order valence-corrected chi connectivity index (χ1v) is 8.68. The first kappa shape index (κ1) is 15.2. The van der Waals surface area contributed by atoms with Gasteiger partial charge in [-0.2, -0.15) is 4.31 Å². The summed E-state index contributed by atoms with van der Waals surface area (Å²) >= 11 is 0. The Balaban J connectivity index is 1.80. The molecule has 0 spiro atoms. The molecular formula is C17H20N2O2S. The van der Waals surface area contributed by atoms with Crippen molar-refractivity contribution in [3.8, 4) is 0 Å². The zero-order valence-electron chi connectivity index (χ0n) is 12.8. The van der Waals surface area contributed by atoms with Gasteiger partial charge in [-0.25, -0.2) is 8.42 Å². The number of rotatable bonds is 3. The van der Waals surface area contributed by atoms with Crippen LogP contribution in [0.1, 0.15) is 16.7 Å². The summed E-state index contributed by atoms with van der Waals surface area (Å²) in [5.74, 6) is 0. The predicted octanol–water partition coefficient (Wildman–Crippen LogP) is 2.16. The Hall–Kier alpha value is -1.69. The Labute approximate surface area is 131 Å². The molecule has 4 nitrogen and oxygen atoms in total. The molecule has 0 aliphatic carbocycles. The summed E-state index contributed by atoms with van der Waals surface area (Å²) in [6.07, 6.45) is 0. The molecule has 1 heterocycles. The number of hydrogen-bond acceptors (Lipinski definition) is 3. The van der Waals surface area contributed by atoms with E-state index in [1.165, 1.54) is 4.31 Å². The van der Waals surface area contributed by atoms with E-state index in [-0.39, 0.29) is 0 Å². The lowest BCUT2D eigenvalue weighted by molar-refractivity contribution is 0.158. The first-order valence-electron chi connectivity index (χ1n) is 7.24. The minimum absolute atomic E-state index is 0.312. The molecule has 2 aromatic carbocycles. The summed E-state index contributed by atoms with van der Waals surface area (Å²) in [5.41, 5.74) is 8.95. The molecule has 22 heavy (non-hydrogen) atoms. The Morgan fingerprint density at radius 3 is 1.86 bits per heavy atom. The fraction of sp³-hybridized carbons (Fsp3) is 0.294. The molecule has 0 unspecified atom stereocenters. The van der Waals surface area contributed by atoms with E-state index in [2.05, 4.69) is 0 Å². The van der Waals surface area contributed by atoms with Gasteiger partial charge < -0.3 is 5.73 Å². The third kappa shape index (κ3) is 2.56. The predicted molar refractivity (Wildman–Crippen MR) is 87.0 cm³/mol. The topological polar surface area (TPSA) is 63.4 Å². The van der Waals surface area contributed by atoms with Crippen LogP contribution >= 0.6 is 0 Å². The Morgan fingerprint density at radius 1 is 0.909 bits per heavy atom. The van der Waals surface area contributed by atoms with Crippen LogP contribution in [0.15, 0.2) is 53.4 Å². The maximum atomic E-state index is 12.6. The Kier molecular flexibility index (Phi) is 3.59. The molecular weight excluding hydrogens is 296 g/mol. The highest BCUT2D eigenvalue weighted by Crippen LogP contribution is 2.33. The van der Waals surface area contributed by atoms with E-state index in [1.54, 1.807) is 12.1 Å². The molecule has 0 saturated carbocycles. The van der Waals surface area contributed by atoms with Crippen molar-refractivity contribution >= 4 is 10.0 Å². The van der Waals surface area contributed by atoms with Gasteiger partial charge in [-0.05, 0) is 31.5 Å². The van der Waals surface area contributed by atoms with Crippen molar-refractivity contribution in [2.45, 2.75) is 24.3 Å². The SMILES string of the molecule is Cc1ccc(C2(N)CN(S(=O)(=O)c3ccc(C)cc3)C2)cc1. The number of benzene rings is 2. The summed E-state index contributed by atoms with van der Waals surface area (Å²) in [6.45, 7) is 4.57. The largest absolute Gasteiger partial charge is 0.319 e. The van der Waals surface area contributed by atoms with E-state index < -0.39 is 15.6 Å². The third-order valence-corrected chi connectivity index (χ3v) is 6.01. The zero-order chi connectivity index (χ0) is 16.0. The minimum atomic E-state index is -3.45. The quantitative estimate of drug-likeness (QED) is 0.944. The maximum Gasteiger partial charge on any atom is 0.243 e. The van der Waals surface area contributed by atoms with Crippen LogP contribution in [-0.2, 0) is 15.6 Å². The monoisotopic (exact) mass is 316 g/mol. The van der Waals surface area contributed by atoms with Gasteiger partial charge in [0.15, 0.2) is 0 Å². The molecule has 2 aromatic rings. The van der Waals surface area contributed by atoms with Crippen LogP contribution in [0.3, 0.4) is 0 Å². The van der Waals surface area contributed by atoms with E-state index in [4.69, 9.17) is 5.73 Å². The molecule has 0 amide bonds. The van der Waals surface area contributed by atoms with Crippen LogP contribution in [0.25, 0.3) is 0 Å². The maximum absolute atomic E-state index is 12.6. The number of aryl methyl sites for hydroxylation is 2. The Morgan fingerprint density at radius 2 is 1.36 bits per heavy atom. The van der Waals surface area contributed by atoms with Crippen molar-refractivity contribution < 1.29 is 8.42 Å². The van der Waals surface area contributed by atoms with Crippen LogP contribution in [0.5, 0.6) is 0 Å². The molecule has 3 rings (SSSR count). The third-order valence-electron chi connectivity index (χ3n) is 4.20. The van der Waals surface area contributed by atoms with Gasteiger partial charge in [0.1, 0.15) is 0 Å². The fourth-order valence-corrected chi connectivity index (χ4v) is 4.26. The zero-order valence-corrected chi connectivity index (χ0v) is 13.6. The smallest absolute Gasteiger partial charge is 0.243 e. The standard InChI is InChI=1S/C17H20N2O2S/c1-13-3-7-15(8-4-13)17(18)11-19(12-17)22(20,21)16-9-5-14(2)6-10-16/h3-10H,11-12,18H2,1-2H3. The van der Waals surface area contributed by atoms with Gasteiger partial charge in [-0.1, -0.05) is 47.5 Å². The van der Waals surface area contributed by atoms with Gasteiger partial charge in [0.2, 0.25) is 10.0 Å². The number of nitrogens with zero attached hydrogens (tertiary/aromatic N) is 1. The normalized spacial score (nSPS) is 18.0. The van der Waals surface area contributed by atoms with E-state index in [0.717, 1.165) is 16.7 Å². The molecule has 0 atom stereocenters. The summed E-state index contributed by atoms with van der Waals surface area (Å²) < 4.78 is 26.6. The highest BCUT2D eigenvalue weighted by atomic mass is 32.2. The van der Waals surface area contributed by atoms with Crippen molar-refractivity contribution in [3.63, 3.8) is 0 Å². The molecule has 0 bridgehead atoms. The summed E-state index contributed by atoms with van der Waals surface area (Å²) in [5, 5.41) is 0. The van der Waals surface area contributed by atoms with Crippen molar-refractivity contribution in [2.24, 2.45) is 5.73 Å².